The van der Waals surface area contributed by atoms with Crippen LogP contribution in [0, 0.1) is 5.92 Å². The van der Waals surface area contributed by atoms with Crippen molar-refractivity contribution in [2.45, 2.75) is 31.7 Å². The summed E-state index contributed by atoms with van der Waals surface area (Å²) in [6, 6.07) is 0.270. The fourth-order valence-corrected chi connectivity index (χ4v) is 1.62. The minimum absolute atomic E-state index is 0.270. The third kappa shape index (κ3) is 1.51. The van der Waals surface area contributed by atoms with Gasteiger partial charge in [0.25, 0.3) is 0 Å². The van der Waals surface area contributed by atoms with Crippen molar-refractivity contribution in [3.05, 3.63) is 12.3 Å². The molecule has 2 unspecified atom stereocenters. The second kappa shape index (κ2) is 3.06. The Morgan fingerprint density at radius 3 is 2.30 bits per heavy atom. The molecule has 0 amide bonds. The van der Waals surface area contributed by atoms with Crippen LogP contribution in [0.3, 0.4) is 0 Å². The Labute approximate surface area is 62.3 Å². The number of nitrogens with two attached hydrogens (primary N) is 2. The molecular formula is C8H16N2. The van der Waals surface area contributed by atoms with E-state index in [2.05, 4.69) is 6.58 Å². The summed E-state index contributed by atoms with van der Waals surface area (Å²) in [5.41, 5.74) is 12.2. The Balaban J connectivity index is 2.47. The molecule has 1 fully saturated rings. The topological polar surface area (TPSA) is 52.0 Å². The van der Waals surface area contributed by atoms with E-state index in [1.165, 1.54) is 12.8 Å². The molecule has 0 spiro atoms. The highest BCUT2D eigenvalue weighted by atomic mass is 14.7. The van der Waals surface area contributed by atoms with Crippen molar-refractivity contribution in [1.82, 2.24) is 0 Å². The Morgan fingerprint density at radius 2 is 1.90 bits per heavy atom. The van der Waals surface area contributed by atoms with Gasteiger partial charge in [-0.15, -0.1) is 0 Å². The van der Waals surface area contributed by atoms with E-state index < -0.39 is 0 Å². The summed E-state index contributed by atoms with van der Waals surface area (Å²) in [6.07, 6.45) is 4.76. The second-order valence-corrected chi connectivity index (χ2v) is 3.13. The van der Waals surface area contributed by atoms with Crippen LogP contribution >= 0.6 is 0 Å². The van der Waals surface area contributed by atoms with Crippen LogP contribution in [0.5, 0.6) is 0 Å². The highest BCUT2D eigenvalue weighted by Gasteiger charge is 2.22. The van der Waals surface area contributed by atoms with Gasteiger partial charge in [0.1, 0.15) is 0 Å². The standard InChI is InChI=1S/C8H16N2/c1-6(9)7-4-2-3-5-8(7)10/h7-8H,1-5,9-10H2. The lowest BCUT2D eigenvalue weighted by Crippen LogP contribution is -2.35. The zero-order chi connectivity index (χ0) is 7.56. The molecule has 10 heavy (non-hydrogen) atoms. The smallest absolute Gasteiger partial charge is 0.0130 e. The van der Waals surface area contributed by atoms with E-state index in [9.17, 15) is 0 Å². The largest absolute Gasteiger partial charge is 0.402 e. The molecule has 0 aliphatic heterocycles. The van der Waals surface area contributed by atoms with Crippen molar-refractivity contribution in [2.75, 3.05) is 0 Å². The zero-order valence-electron chi connectivity index (χ0n) is 6.34. The van der Waals surface area contributed by atoms with Gasteiger partial charge in [-0.25, -0.2) is 0 Å². The van der Waals surface area contributed by atoms with Crippen LogP contribution in [-0.4, -0.2) is 6.04 Å². The lowest BCUT2D eigenvalue weighted by atomic mass is 9.83. The van der Waals surface area contributed by atoms with Gasteiger partial charge in [0, 0.05) is 17.7 Å². The first-order valence-corrected chi connectivity index (χ1v) is 3.91. The van der Waals surface area contributed by atoms with Crippen molar-refractivity contribution in [3.8, 4) is 0 Å². The Bertz CT molecular complexity index is 131. The predicted molar refractivity (Wildman–Crippen MR) is 43.3 cm³/mol. The summed E-state index contributed by atoms with van der Waals surface area (Å²) in [4.78, 5) is 0. The molecule has 0 aromatic carbocycles. The Hall–Kier alpha value is -0.500. The fraction of sp³-hybridized carbons (Fsp3) is 0.750. The van der Waals surface area contributed by atoms with Crippen molar-refractivity contribution >= 4 is 0 Å². The van der Waals surface area contributed by atoms with Crippen molar-refractivity contribution in [3.63, 3.8) is 0 Å². The van der Waals surface area contributed by atoms with E-state index in [1.54, 1.807) is 0 Å². The van der Waals surface area contributed by atoms with Gasteiger partial charge in [-0.3, -0.25) is 0 Å². The molecule has 0 radical (unpaired) electrons. The molecular weight excluding hydrogens is 124 g/mol. The SMILES string of the molecule is C=C(N)C1CCCCC1N. The molecule has 1 rings (SSSR count). The van der Waals surface area contributed by atoms with E-state index in [-0.39, 0.29) is 6.04 Å². The summed E-state index contributed by atoms with van der Waals surface area (Å²) >= 11 is 0. The van der Waals surface area contributed by atoms with Crippen LogP contribution < -0.4 is 11.5 Å². The number of hydrogen-bond donors (Lipinski definition) is 2. The average Bonchev–Trinajstić information content (AvgIpc) is 1.88. The van der Waals surface area contributed by atoms with Crippen LogP contribution in [0.4, 0.5) is 0 Å². The van der Waals surface area contributed by atoms with Crippen LogP contribution in [0.1, 0.15) is 25.7 Å². The molecule has 1 aliphatic carbocycles. The predicted octanol–water partition coefficient (Wildman–Crippen LogP) is 0.976. The third-order valence-electron chi connectivity index (χ3n) is 2.30. The maximum absolute atomic E-state index is 5.84. The minimum atomic E-state index is 0.270. The zero-order valence-corrected chi connectivity index (χ0v) is 6.34. The summed E-state index contributed by atoms with van der Waals surface area (Å²) in [7, 11) is 0. The molecule has 58 valence electrons. The minimum Gasteiger partial charge on any atom is -0.402 e. The molecule has 0 aromatic rings. The monoisotopic (exact) mass is 140 g/mol. The molecule has 0 aromatic heterocycles. The second-order valence-electron chi connectivity index (χ2n) is 3.13. The summed E-state index contributed by atoms with van der Waals surface area (Å²) in [5.74, 6) is 0.383. The summed E-state index contributed by atoms with van der Waals surface area (Å²) < 4.78 is 0. The molecule has 0 saturated heterocycles. The van der Waals surface area contributed by atoms with Gasteiger partial charge >= 0.3 is 0 Å². The van der Waals surface area contributed by atoms with E-state index in [0.717, 1.165) is 18.5 Å². The van der Waals surface area contributed by atoms with Crippen molar-refractivity contribution in [2.24, 2.45) is 17.4 Å². The van der Waals surface area contributed by atoms with E-state index in [0.29, 0.717) is 5.92 Å². The van der Waals surface area contributed by atoms with Gasteiger partial charge in [0.2, 0.25) is 0 Å². The molecule has 2 atom stereocenters. The Kier molecular flexibility index (Phi) is 2.33. The maximum Gasteiger partial charge on any atom is 0.0130 e. The van der Waals surface area contributed by atoms with Gasteiger partial charge < -0.3 is 11.5 Å². The first kappa shape index (κ1) is 7.61. The normalized spacial score (nSPS) is 33.7. The number of rotatable bonds is 1. The quantitative estimate of drug-likeness (QED) is 0.570. The first-order valence-electron chi connectivity index (χ1n) is 3.91. The fourth-order valence-electron chi connectivity index (χ4n) is 1.62. The summed E-state index contributed by atoms with van der Waals surface area (Å²) in [6.45, 7) is 3.73. The van der Waals surface area contributed by atoms with Crippen LogP contribution in [0.25, 0.3) is 0 Å². The van der Waals surface area contributed by atoms with Crippen molar-refractivity contribution in [1.29, 1.82) is 0 Å². The van der Waals surface area contributed by atoms with E-state index >= 15 is 0 Å². The molecule has 1 saturated carbocycles. The van der Waals surface area contributed by atoms with Crippen molar-refractivity contribution < 1.29 is 0 Å². The molecule has 0 bridgehead atoms. The van der Waals surface area contributed by atoms with Gasteiger partial charge in [-0.2, -0.15) is 0 Å². The van der Waals surface area contributed by atoms with E-state index in [4.69, 9.17) is 11.5 Å². The molecule has 2 nitrogen and oxygen atoms in total. The van der Waals surface area contributed by atoms with Gasteiger partial charge in [0.15, 0.2) is 0 Å². The Morgan fingerprint density at radius 1 is 1.30 bits per heavy atom. The van der Waals surface area contributed by atoms with Crippen LogP contribution in [-0.2, 0) is 0 Å². The highest BCUT2D eigenvalue weighted by Crippen LogP contribution is 2.25. The van der Waals surface area contributed by atoms with Crippen LogP contribution in [0.2, 0.25) is 0 Å². The lowest BCUT2D eigenvalue weighted by Gasteiger charge is -2.28. The lowest BCUT2D eigenvalue weighted by molar-refractivity contribution is 0.346. The third-order valence-corrected chi connectivity index (χ3v) is 2.30. The van der Waals surface area contributed by atoms with E-state index in [1.807, 2.05) is 0 Å². The maximum atomic E-state index is 5.84. The molecule has 2 heteroatoms. The van der Waals surface area contributed by atoms with Gasteiger partial charge in [-0.05, 0) is 12.8 Å². The first-order chi connectivity index (χ1) is 4.72. The van der Waals surface area contributed by atoms with Crippen LogP contribution in [0.15, 0.2) is 12.3 Å². The van der Waals surface area contributed by atoms with Gasteiger partial charge in [-0.1, -0.05) is 19.4 Å². The summed E-state index contributed by atoms with van der Waals surface area (Å²) in [5, 5.41) is 0. The van der Waals surface area contributed by atoms with Gasteiger partial charge in [0.05, 0.1) is 0 Å². The number of hydrogen-bond acceptors (Lipinski definition) is 2. The molecule has 1 aliphatic rings. The molecule has 0 heterocycles. The average molecular weight is 140 g/mol. The highest BCUT2D eigenvalue weighted by molar-refractivity contribution is 5.00. The molecule has 4 N–H and O–H groups in total.